The predicted molar refractivity (Wildman–Crippen MR) is 89.1 cm³/mol. The minimum Gasteiger partial charge on any atom is -0.505 e. The number of rotatable bonds is 2. The van der Waals surface area contributed by atoms with Crippen LogP contribution in [0.5, 0.6) is 5.75 Å². The lowest BCUT2D eigenvalue weighted by Gasteiger charge is -2.16. The number of amides is 2. The third-order valence-corrected chi connectivity index (χ3v) is 4.41. The van der Waals surface area contributed by atoms with Gasteiger partial charge in [0.05, 0.1) is 22.7 Å². The van der Waals surface area contributed by atoms with E-state index in [4.69, 9.17) is 11.6 Å². The zero-order valence-electron chi connectivity index (χ0n) is 12.4. The van der Waals surface area contributed by atoms with Crippen LogP contribution in [-0.4, -0.2) is 26.8 Å². The van der Waals surface area contributed by atoms with E-state index >= 15 is 0 Å². The molecule has 6 heteroatoms. The molecule has 0 saturated heterocycles. The summed E-state index contributed by atoms with van der Waals surface area (Å²) in [7, 11) is 0. The summed E-state index contributed by atoms with van der Waals surface area (Å²) in [5.74, 6) is -0.842. The Morgan fingerprint density at radius 3 is 2.38 bits per heavy atom. The number of carbonyl (C=O) groups excluding carboxylic acids is 2. The number of fused-ring (bicyclic) bond motifs is 2. The fourth-order valence-corrected chi connectivity index (χ4v) is 3.20. The van der Waals surface area contributed by atoms with Crippen LogP contribution in [-0.2, 0) is 6.54 Å². The van der Waals surface area contributed by atoms with Crippen molar-refractivity contribution in [2.75, 3.05) is 0 Å². The second-order valence-corrected chi connectivity index (χ2v) is 5.91. The minimum absolute atomic E-state index is 0.0651. The SMILES string of the molecule is O=C1c2ccccc2C(=O)N1Cc1cc(Cl)c2cccnc2c1O. The Bertz CT molecular complexity index is 981. The molecule has 2 aromatic carbocycles. The summed E-state index contributed by atoms with van der Waals surface area (Å²) < 4.78 is 0. The topological polar surface area (TPSA) is 70.5 Å². The third kappa shape index (κ3) is 2.06. The van der Waals surface area contributed by atoms with E-state index < -0.39 is 0 Å². The highest BCUT2D eigenvalue weighted by atomic mass is 35.5. The second-order valence-electron chi connectivity index (χ2n) is 5.51. The van der Waals surface area contributed by atoms with Crippen molar-refractivity contribution in [3.8, 4) is 5.75 Å². The summed E-state index contributed by atoms with van der Waals surface area (Å²) in [5, 5.41) is 11.5. The first kappa shape index (κ1) is 14.7. The Labute approximate surface area is 142 Å². The van der Waals surface area contributed by atoms with Crippen LogP contribution in [0, 0.1) is 0 Å². The highest BCUT2D eigenvalue weighted by Crippen LogP contribution is 2.35. The van der Waals surface area contributed by atoms with Gasteiger partial charge in [0.2, 0.25) is 0 Å². The van der Waals surface area contributed by atoms with Gasteiger partial charge in [0.15, 0.2) is 0 Å². The average Bonchev–Trinajstić information content (AvgIpc) is 2.85. The zero-order chi connectivity index (χ0) is 16.8. The number of phenolic OH excluding ortho intramolecular Hbond substituents is 1. The highest BCUT2D eigenvalue weighted by molar-refractivity contribution is 6.35. The maximum Gasteiger partial charge on any atom is 0.261 e. The number of halogens is 1. The molecule has 4 rings (SSSR count). The standard InChI is InChI=1S/C18H11ClN2O3/c19-14-8-10(16(22)15-13(14)6-3-7-20-15)9-21-17(23)11-4-1-2-5-12(11)18(21)24/h1-8,22H,9H2. The summed E-state index contributed by atoms with van der Waals surface area (Å²) >= 11 is 6.24. The van der Waals surface area contributed by atoms with Gasteiger partial charge < -0.3 is 5.11 Å². The summed E-state index contributed by atoms with van der Waals surface area (Å²) in [6.07, 6.45) is 1.55. The number of carbonyl (C=O) groups is 2. The van der Waals surface area contributed by atoms with Crippen LogP contribution in [0.2, 0.25) is 5.02 Å². The first-order chi connectivity index (χ1) is 11.6. The molecule has 0 saturated carbocycles. The van der Waals surface area contributed by atoms with Gasteiger partial charge >= 0.3 is 0 Å². The molecule has 0 bridgehead atoms. The number of imide groups is 1. The van der Waals surface area contributed by atoms with Gasteiger partial charge in [-0.25, -0.2) is 0 Å². The van der Waals surface area contributed by atoms with E-state index in [0.29, 0.717) is 32.6 Å². The predicted octanol–water partition coefficient (Wildman–Crippen LogP) is 3.39. The number of benzene rings is 2. The largest absolute Gasteiger partial charge is 0.505 e. The molecule has 1 aliphatic heterocycles. The molecule has 0 atom stereocenters. The van der Waals surface area contributed by atoms with E-state index in [1.54, 1.807) is 48.7 Å². The fourth-order valence-electron chi connectivity index (χ4n) is 2.91. The van der Waals surface area contributed by atoms with E-state index in [2.05, 4.69) is 4.98 Å². The molecule has 0 aliphatic carbocycles. The van der Waals surface area contributed by atoms with Crippen molar-refractivity contribution in [3.05, 3.63) is 70.4 Å². The van der Waals surface area contributed by atoms with Crippen molar-refractivity contribution in [2.24, 2.45) is 0 Å². The maximum absolute atomic E-state index is 12.4. The number of nitrogens with zero attached hydrogens (tertiary/aromatic N) is 2. The van der Waals surface area contributed by atoms with E-state index in [-0.39, 0.29) is 24.1 Å². The van der Waals surface area contributed by atoms with Crippen molar-refractivity contribution in [1.82, 2.24) is 9.88 Å². The van der Waals surface area contributed by atoms with Gasteiger partial charge in [-0.15, -0.1) is 0 Å². The molecule has 0 radical (unpaired) electrons. The van der Waals surface area contributed by atoms with Crippen molar-refractivity contribution in [1.29, 1.82) is 0 Å². The molecular formula is C18H11ClN2O3. The van der Waals surface area contributed by atoms with Gasteiger partial charge in [0, 0.05) is 17.1 Å². The Morgan fingerprint density at radius 2 is 1.71 bits per heavy atom. The van der Waals surface area contributed by atoms with Crippen molar-refractivity contribution < 1.29 is 14.7 Å². The molecule has 0 unspecified atom stereocenters. The Balaban J connectivity index is 1.77. The zero-order valence-corrected chi connectivity index (χ0v) is 13.1. The Kier molecular flexibility index (Phi) is 3.25. The summed E-state index contributed by atoms with van der Waals surface area (Å²) in [4.78, 5) is 30.1. The van der Waals surface area contributed by atoms with Crippen LogP contribution in [0.15, 0.2) is 48.7 Å². The molecule has 5 nitrogen and oxygen atoms in total. The molecule has 0 spiro atoms. The van der Waals surface area contributed by atoms with Gasteiger partial charge in [-0.05, 0) is 30.3 Å². The van der Waals surface area contributed by atoms with Gasteiger partial charge in [-0.3, -0.25) is 19.5 Å². The monoisotopic (exact) mass is 338 g/mol. The molecule has 0 fully saturated rings. The lowest BCUT2D eigenvalue weighted by atomic mass is 10.1. The lowest BCUT2D eigenvalue weighted by Crippen LogP contribution is -2.29. The molecule has 1 aliphatic rings. The van der Waals surface area contributed by atoms with Gasteiger partial charge in [-0.1, -0.05) is 23.7 Å². The molecule has 2 heterocycles. The summed E-state index contributed by atoms with van der Waals surface area (Å²) in [6, 6.07) is 11.7. The third-order valence-electron chi connectivity index (χ3n) is 4.10. The van der Waals surface area contributed by atoms with Crippen molar-refractivity contribution in [3.63, 3.8) is 0 Å². The van der Waals surface area contributed by atoms with E-state index in [0.717, 1.165) is 4.90 Å². The van der Waals surface area contributed by atoms with Crippen LogP contribution in [0.4, 0.5) is 0 Å². The summed E-state index contributed by atoms with van der Waals surface area (Å²) in [5.41, 5.74) is 1.45. The number of pyridine rings is 1. The first-order valence-corrected chi connectivity index (χ1v) is 7.66. The second kappa shape index (κ2) is 5.32. The average molecular weight is 339 g/mol. The van der Waals surface area contributed by atoms with E-state index in [1.165, 1.54) is 0 Å². The van der Waals surface area contributed by atoms with Crippen LogP contribution in [0.1, 0.15) is 26.3 Å². The number of phenols is 1. The van der Waals surface area contributed by atoms with Gasteiger partial charge in [0.25, 0.3) is 11.8 Å². The first-order valence-electron chi connectivity index (χ1n) is 7.28. The minimum atomic E-state index is -0.382. The van der Waals surface area contributed by atoms with E-state index in [1.807, 2.05) is 0 Å². The molecule has 1 N–H and O–H groups in total. The number of aromatic hydroxyl groups is 1. The van der Waals surface area contributed by atoms with Crippen molar-refractivity contribution >= 4 is 34.3 Å². The number of hydrogen-bond acceptors (Lipinski definition) is 4. The highest BCUT2D eigenvalue weighted by Gasteiger charge is 2.35. The summed E-state index contributed by atoms with van der Waals surface area (Å²) in [6.45, 7) is -0.0651. The van der Waals surface area contributed by atoms with Gasteiger partial charge in [-0.2, -0.15) is 0 Å². The maximum atomic E-state index is 12.4. The number of hydrogen-bond donors (Lipinski definition) is 1. The van der Waals surface area contributed by atoms with E-state index in [9.17, 15) is 14.7 Å². The van der Waals surface area contributed by atoms with Crippen LogP contribution in [0.25, 0.3) is 10.9 Å². The van der Waals surface area contributed by atoms with Gasteiger partial charge in [0.1, 0.15) is 11.3 Å². The molecule has 2 amide bonds. The Hall–Kier alpha value is -2.92. The lowest BCUT2D eigenvalue weighted by molar-refractivity contribution is 0.0641. The van der Waals surface area contributed by atoms with Crippen LogP contribution < -0.4 is 0 Å². The molecular weight excluding hydrogens is 328 g/mol. The molecule has 1 aromatic heterocycles. The fraction of sp³-hybridized carbons (Fsp3) is 0.0556. The molecule has 3 aromatic rings. The number of aromatic nitrogens is 1. The van der Waals surface area contributed by atoms with Crippen molar-refractivity contribution in [2.45, 2.75) is 6.54 Å². The molecule has 118 valence electrons. The van der Waals surface area contributed by atoms with Crippen LogP contribution >= 0.6 is 11.6 Å². The Morgan fingerprint density at radius 1 is 1.04 bits per heavy atom. The normalized spacial score (nSPS) is 13.6. The van der Waals surface area contributed by atoms with Crippen LogP contribution in [0.3, 0.4) is 0 Å². The smallest absolute Gasteiger partial charge is 0.261 e. The quantitative estimate of drug-likeness (QED) is 0.727. The molecule has 24 heavy (non-hydrogen) atoms.